The molecule has 7 rings (SSSR count). The molecule has 3 aliphatic heterocycles. The zero-order valence-electron chi connectivity index (χ0n) is 24.5. The van der Waals surface area contributed by atoms with Crippen molar-refractivity contribution in [2.75, 3.05) is 30.3 Å². The summed E-state index contributed by atoms with van der Waals surface area (Å²) >= 11 is 7.84. The van der Waals surface area contributed by atoms with Crippen LogP contribution in [0.4, 0.5) is 19.7 Å². The minimum Gasteiger partial charge on any atom is -0.459 e. The van der Waals surface area contributed by atoms with E-state index in [0.29, 0.717) is 40.9 Å². The van der Waals surface area contributed by atoms with Gasteiger partial charge < -0.3 is 20.7 Å². The van der Waals surface area contributed by atoms with Gasteiger partial charge in [0, 0.05) is 60.3 Å². The van der Waals surface area contributed by atoms with Crippen LogP contribution in [0.2, 0.25) is 5.02 Å². The number of piperidine rings is 1. The van der Waals surface area contributed by atoms with Gasteiger partial charge in [0.2, 0.25) is 0 Å². The lowest BCUT2D eigenvalue weighted by Gasteiger charge is -2.40. The molecule has 43 heavy (non-hydrogen) atoms. The summed E-state index contributed by atoms with van der Waals surface area (Å²) in [5, 5.41) is 4.52. The molecule has 12 heteroatoms. The predicted octanol–water partition coefficient (Wildman–Crippen LogP) is 6.39. The molecule has 2 aromatic heterocycles. The van der Waals surface area contributed by atoms with Crippen molar-refractivity contribution in [3.05, 3.63) is 34.9 Å². The van der Waals surface area contributed by atoms with Gasteiger partial charge in [0.1, 0.15) is 23.3 Å². The molecule has 3 saturated heterocycles. The Morgan fingerprint density at radius 3 is 2.51 bits per heavy atom. The first-order chi connectivity index (χ1) is 20.7. The Kier molecular flexibility index (Phi) is 7.56. The van der Waals surface area contributed by atoms with Gasteiger partial charge in [-0.05, 0) is 64.7 Å². The number of ether oxygens (including phenoxy) is 1. The third-order valence-corrected chi connectivity index (χ3v) is 10.5. The standard InChI is InChI=1S/C31H36ClF2N7OS/c1-15-5-4-6-16(2)41(15)12-17(3)42-31-38-26-21(29(39-31)40-13-18-7-8-19(14-40)36-18)11-22(32)24(25(26)34)20-9-10-23(33)28-27(20)37-30(35)43-28/h9-11,15-19,36H,4-8,12-14H2,1-3H3,(H2,35,37)/t15?,16?,17-,18?,19?/m0/s1. The lowest BCUT2D eigenvalue weighted by Crippen LogP contribution is -2.51. The SMILES string of the molecule is CC1CCCC(C)N1C[C@H](C)Oc1nc(N2CC3CCC(C2)N3)c2cc(Cl)c(-c3ccc(F)c4sc(N)nc34)c(F)c2n1. The summed E-state index contributed by atoms with van der Waals surface area (Å²) in [5.74, 6) is -0.482. The highest BCUT2D eigenvalue weighted by Gasteiger charge is 2.35. The summed E-state index contributed by atoms with van der Waals surface area (Å²) in [5.41, 5.74) is 6.75. The maximum atomic E-state index is 16.7. The minimum absolute atomic E-state index is 0.101. The van der Waals surface area contributed by atoms with Crippen LogP contribution in [-0.2, 0) is 0 Å². The van der Waals surface area contributed by atoms with Gasteiger partial charge >= 0.3 is 6.01 Å². The second-order valence-electron chi connectivity index (χ2n) is 12.4. The van der Waals surface area contributed by atoms with Gasteiger partial charge in [-0.2, -0.15) is 9.97 Å². The summed E-state index contributed by atoms with van der Waals surface area (Å²) in [4.78, 5) is 18.5. The smallest absolute Gasteiger partial charge is 0.319 e. The summed E-state index contributed by atoms with van der Waals surface area (Å²) in [6.07, 6.45) is 5.53. The first-order valence-electron chi connectivity index (χ1n) is 15.1. The van der Waals surface area contributed by atoms with E-state index in [2.05, 4.69) is 38.9 Å². The molecule has 5 atom stereocenters. The number of nitrogen functional groups attached to an aromatic ring is 1. The van der Waals surface area contributed by atoms with Crippen molar-refractivity contribution in [2.24, 2.45) is 0 Å². The van der Waals surface area contributed by atoms with Crippen LogP contribution in [0.5, 0.6) is 6.01 Å². The quantitative estimate of drug-likeness (QED) is 0.254. The second kappa shape index (κ2) is 11.3. The molecule has 228 valence electrons. The van der Waals surface area contributed by atoms with E-state index in [0.717, 1.165) is 56.7 Å². The monoisotopic (exact) mass is 627 g/mol. The fourth-order valence-electron chi connectivity index (χ4n) is 7.21. The van der Waals surface area contributed by atoms with E-state index in [4.69, 9.17) is 27.1 Å². The average molecular weight is 628 g/mol. The van der Waals surface area contributed by atoms with Crippen LogP contribution in [-0.4, -0.2) is 69.8 Å². The van der Waals surface area contributed by atoms with Gasteiger partial charge in [0.15, 0.2) is 10.9 Å². The van der Waals surface area contributed by atoms with Crippen LogP contribution in [0.25, 0.3) is 32.2 Å². The van der Waals surface area contributed by atoms with Gasteiger partial charge in [-0.15, -0.1) is 0 Å². The molecule has 0 aliphatic carbocycles. The van der Waals surface area contributed by atoms with Crippen LogP contribution < -0.4 is 20.7 Å². The van der Waals surface area contributed by atoms with Crippen molar-refractivity contribution in [1.82, 2.24) is 25.2 Å². The van der Waals surface area contributed by atoms with Gasteiger partial charge in [0.05, 0.1) is 15.2 Å². The summed E-state index contributed by atoms with van der Waals surface area (Å²) < 4.78 is 38.0. The van der Waals surface area contributed by atoms with Crippen molar-refractivity contribution in [2.45, 2.75) is 83.1 Å². The Bertz CT molecular complexity index is 1680. The van der Waals surface area contributed by atoms with Crippen LogP contribution in [0.3, 0.4) is 0 Å². The van der Waals surface area contributed by atoms with Crippen LogP contribution in [0.15, 0.2) is 18.2 Å². The molecule has 0 radical (unpaired) electrons. The third kappa shape index (κ3) is 5.28. The first kappa shape index (κ1) is 28.9. The van der Waals surface area contributed by atoms with Crippen molar-refractivity contribution >= 4 is 55.0 Å². The number of nitrogens with zero attached hydrogens (tertiary/aromatic N) is 5. The minimum atomic E-state index is -0.625. The number of fused-ring (bicyclic) bond motifs is 4. The molecule has 0 saturated carbocycles. The normalized spacial score (nSPS) is 25.1. The number of nitrogens with two attached hydrogens (primary N) is 1. The number of thiazole rings is 1. The molecule has 8 nitrogen and oxygen atoms in total. The molecule has 4 unspecified atom stereocenters. The average Bonchev–Trinajstić information content (AvgIpc) is 3.53. The number of nitrogens with one attached hydrogen (secondary N) is 1. The van der Waals surface area contributed by atoms with Crippen molar-refractivity contribution in [3.8, 4) is 17.1 Å². The number of hydrogen-bond acceptors (Lipinski definition) is 9. The zero-order chi connectivity index (χ0) is 30.0. The Labute approximate surface area is 258 Å². The topological polar surface area (TPSA) is 92.4 Å². The van der Waals surface area contributed by atoms with Crippen molar-refractivity contribution < 1.29 is 13.5 Å². The van der Waals surface area contributed by atoms with E-state index < -0.39 is 11.6 Å². The Hall–Kier alpha value is -2.86. The number of anilines is 2. The van der Waals surface area contributed by atoms with Gasteiger partial charge in [-0.3, -0.25) is 4.90 Å². The molecule has 5 heterocycles. The molecule has 4 aromatic rings. The molecule has 2 bridgehead atoms. The van der Waals surface area contributed by atoms with Crippen LogP contribution in [0, 0.1) is 11.6 Å². The Morgan fingerprint density at radius 1 is 1.07 bits per heavy atom. The molecule has 3 fully saturated rings. The second-order valence-corrected chi connectivity index (χ2v) is 13.8. The number of aromatic nitrogens is 3. The Morgan fingerprint density at radius 2 is 1.79 bits per heavy atom. The number of likely N-dealkylation sites (tertiary alicyclic amines) is 1. The fraction of sp³-hybridized carbons (Fsp3) is 0.516. The van der Waals surface area contributed by atoms with E-state index in [-0.39, 0.29) is 43.6 Å². The van der Waals surface area contributed by atoms with Crippen molar-refractivity contribution in [1.29, 1.82) is 0 Å². The molecule has 0 spiro atoms. The molecular formula is C31H36ClF2N7OS. The highest BCUT2D eigenvalue weighted by molar-refractivity contribution is 7.22. The van der Waals surface area contributed by atoms with E-state index in [9.17, 15) is 4.39 Å². The predicted molar refractivity (Wildman–Crippen MR) is 169 cm³/mol. The Balaban J connectivity index is 1.33. The number of halogens is 3. The molecule has 3 aliphatic rings. The molecule has 3 N–H and O–H groups in total. The number of hydrogen-bond donors (Lipinski definition) is 2. The highest BCUT2D eigenvalue weighted by atomic mass is 35.5. The fourth-order valence-corrected chi connectivity index (χ4v) is 8.27. The maximum absolute atomic E-state index is 16.7. The molecule has 2 aromatic carbocycles. The van der Waals surface area contributed by atoms with Crippen LogP contribution in [0.1, 0.15) is 52.9 Å². The number of rotatable bonds is 6. The van der Waals surface area contributed by atoms with Gasteiger partial charge in [-0.25, -0.2) is 13.8 Å². The van der Waals surface area contributed by atoms with Gasteiger partial charge in [0.25, 0.3) is 0 Å². The molecular weight excluding hydrogens is 592 g/mol. The van der Waals surface area contributed by atoms with Gasteiger partial charge in [-0.1, -0.05) is 29.4 Å². The van der Waals surface area contributed by atoms with E-state index in [1.54, 1.807) is 6.07 Å². The first-order valence-corrected chi connectivity index (χ1v) is 16.3. The maximum Gasteiger partial charge on any atom is 0.319 e. The third-order valence-electron chi connectivity index (χ3n) is 9.29. The van der Waals surface area contributed by atoms with Crippen LogP contribution >= 0.6 is 22.9 Å². The summed E-state index contributed by atoms with van der Waals surface area (Å²) in [7, 11) is 0. The lowest BCUT2D eigenvalue weighted by molar-refractivity contribution is 0.0548. The highest BCUT2D eigenvalue weighted by Crippen LogP contribution is 2.43. The lowest BCUT2D eigenvalue weighted by atomic mass is 9.97. The summed E-state index contributed by atoms with van der Waals surface area (Å²) in [6, 6.07) is 6.24. The van der Waals surface area contributed by atoms with Crippen molar-refractivity contribution in [3.63, 3.8) is 0 Å². The number of benzene rings is 2. The van der Waals surface area contributed by atoms with E-state index in [1.165, 1.54) is 18.6 Å². The molecule has 0 amide bonds. The largest absolute Gasteiger partial charge is 0.459 e. The van der Waals surface area contributed by atoms with E-state index >= 15 is 4.39 Å². The number of piperazine rings is 1. The zero-order valence-corrected chi connectivity index (χ0v) is 26.1. The van der Waals surface area contributed by atoms with E-state index in [1.807, 2.05) is 6.92 Å². The summed E-state index contributed by atoms with van der Waals surface area (Å²) in [6.45, 7) is 8.75.